The Labute approximate surface area is 184 Å². The van der Waals surface area contributed by atoms with E-state index in [1.165, 1.54) is 6.42 Å². The van der Waals surface area contributed by atoms with Gasteiger partial charge in [-0.05, 0) is 62.1 Å². The van der Waals surface area contributed by atoms with Gasteiger partial charge in [0.05, 0.1) is 0 Å². The number of amides is 2. The van der Waals surface area contributed by atoms with Crippen molar-refractivity contribution in [3.63, 3.8) is 0 Å². The van der Waals surface area contributed by atoms with E-state index < -0.39 is 6.04 Å². The van der Waals surface area contributed by atoms with Crippen molar-refractivity contribution in [3.8, 4) is 0 Å². The average molecular weight is 439 g/mol. The van der Waals surface area contributed by atoms with Gasteiger partial charge in [-0.2, -0.15) is 0 Å². The summed E-state index contributed by atoms with van der Waals surface area (Å²) in [6.07, 6.45) is 9.46. The summed E-state index contributed by atoms with van der Waals surface area (Å²) in [5.74, 6) is 0.262. The predicted octanol–water partition coefficient (Wildman–Crippen LogP) is 5.48. The minimum atomic E-state index is -0.668. The maximum Gasteiger partial charge on any atom is 0.247 e. The lowest BCUT2D eigenvalue weighted by atomic mass is 9.85. The van der Waals surface area contributed by atoms with Crippen molar-refractivity contribution >= 4 is 35.0 Å². The lowest BCUT2D eigenvalue weighted by Crippen LogP contribution is -2.51. The predicted molar refractivity (Wildman–Crippen MR) is 118 cm³/mol. The fourth-order valence-electron chi connectivity index (χ4n) is 4.76. The van der Waals surface area contributed by atoms with Crippen molar-refractivity contribution in [3.05, 3.63) is 34.9 Å². The van der Waals surface area contributed by atoms with Crippen LogP contribution in [0, 0.1) is 5.92 Å². The first kappa shape index (κ1) is 22.4. The van der Waals surface area contributed by atoms with Gasteiger partial charge in [-0.25, -0.2) is 0 Å². The Morgan fingerprint density at radius 3 is 2.24 bits per heavy atom. The number of benzene rings is 1. The molecule has 0 aromatic heterocycles. The Morgan fingerprint density at radius 1 is 1.03 bits per heavy atom. The summed E-state index contributed by atoms with van der Waals surface area (Å²) in [4.78, 5) is 28.2. The molecule has 1 aromatic carbocycles. The van der Waals surface area contributed by atoms with Gasteiger partial charge < -0.3 is 10.2 Å². The minimum Gasteiger partial charge on any atom is -0.351 e. The smallest absolute Gasteiger partial charge is 0.247 e. The molecule has 0 bridgehead atoms. The molecule has 1 atom stereocenters. The van der Waals surface area contributed by atoms with Crippen LogP contribution in [-0.2, 0) is 9.59 Å². The Kier molecular flexibility index (Phi) is 8.25. The number of carbonyl (C=O) groups excluding carboxylic acids is 2. The molecule has 3 rings (SSSR count). The largest absolute Gasteiger partial charge is 0.351 e. The van der Waals surface area contributed by atoms with Crippen LogP contribution in [0.5, 0.6) is 0 Å². The van der Waals surface area contributed by atoms with Gasteiger partial charge in [0.15, 0.2) is 0 Å². The summed E-state index contributed by atoms with van der Waals surface area (Å²) in [5, 5.41) is 3.84. The molecule has 1 aromatic rings. The third-order valence-electron chi connectivity index (χ3n) is 6.44. The molecule has 2 amide bonds. The van der Waals surface area contributed by atoms with Crippen LogP contribution in [0.2, 0.25) is 5.02 Å². The molecule has 0 saturated heterocycles. The molecular formula is C23H32Cl2N2O2. The van der Waals surface area contributed by atoms with Gasteiger partial charge in [0.1, 0.15) is 11.9 Å². The van der Waals surface area contributed by atoms with Crippen LogP contribution in [0.4, 0.5) is 0 Å². The highest BCUT2D eigenvalue weighted by Gasteiger charge is 2.38. The van der Waals surface area contributed by atoms with Crippen LogP contribution in [0.1, 0.15) is 76.3 Å². The molecule has 1 N–H and O–H groups in total. The lowest BCUT2D eigenvalue weighted by Gasteiger charge is -2.41. The molecule has 2 aliphatic carbocycles. The van der Waals surface area contributed by atoms with E-state index >= 15 is 0 Å². The van der Waals surface area contributed by atoms with Crippen molar-refractivity contribution in [1.82, 2.24) is 10.2 Å². The van der Waals surface area contributed by atoms with Crippen molar-refractivity contribution in [2.75, 3.05) is 5.88 Å². The highest BCUT2D eigenvalue weighted by atomic mass is 35.5. The quantitative estimate of drug-likeness (QED) is 0.597. The van der Waals surface area contributed by atoms with Gasteiger partial charge in [-0.1, -0.05) is 49.9 Å². The second-order valence-electron chi connectivity index (χ2n) is 8.65. The molecule has 0 unspecified atom stereocenters. The molecule has 2 fully saturated rings. The van der Waals surface area contributed by atoms with Crippen molar-refractivity contribution in [1.29, 1.82) is 0 Å². The highest BCUT2D eigenvalue weighted by Crippen LogP contribution is 2.34. The topological polar surface area (TPSA) is 49.4 Å². The molecule has 2 saturated carbocycles. The molecule has 160 valence electrons. The first-order valence-corrected chi connectivity index (χ1v) is 11.8. The third-order valence-corrected chi connectivity index (χ3v) is 6.93. The molecule has 6 heteroatoms. The first-order valence-electron chi connectivity index (χ1n) is 10.9. The fraction of sp³-hybridized carbons (Fsp3) is 0.652. The van der Waals surface area contributed by atoms with E-state index in [9.17, 15) is 9.59 Å². The minimum absolute atomic E-state index is 0.0373. The molecule has 0 heterocycles. The Bertz CT molecular complexity index is 681. The van der Waals surface area contributed by atoms with E-state index in [2.05, 4.69) is 12.2 Å². The second-order valence-corrected chi connectivity index (χ2v) is 9.35. The number of rotatable bonds is 6. The highest BCUT2D eigenvalue weighted by molar-refractivity contribution is 6.30. The standard InChI is InChI=1S/C23H32Cl2N2O2/c1-16-7-13-20(14-8-16)27(21(28)15-24)22(17-9-11-18(25)12-10-17)23(29)26-19-5-3-2-4-6-19/h9-12,16,19-20,22H,2-8,13-15H2,1H3,(H,26,29)/t16?,20?,22-/m1/s1. The number of hydrogen-bond acceptors (Lipinski definition) is 2. The normalized spacial score (nSPS) is 24.0. The van der Waals surface area contributed by atoms with Crippen molar-refractivity contribution in [2.24, 2.45) is 5.92 Å². The lowest BCUT2D eigenvalue weighted by molar-refractivity contribution is -0.143. The molecule has 2 aliphatic rings. The Balaban J connectivity index is 1.90. The summed E-state index contributed by atoms with van der Waals surface area (Å²) < 4.78 is 0. The zero-order valence-electron chi connectivity index (χ0n) is 17.2. The number of nitrogens with one attached hydrogen (secondary N) is 1. The van der Waals surface area contributed by atoms with Gasteiger partial charge in [0, 0.05) is 17.1 Å². The molecule has 0 aliphatic heterocycles. The van der Waals surface area contributed by atoms with E-state index in [0.717, 1.165) is 56.9 Å². The Hall–Kier alpha value is -1.26. The molecular weight excluding hydrogens is 407 g/mol. The Morgan fingerprint density at radius 2 is 1.66 bits per heavy atom. The average Bonchev–Trinajstić information content (AvgIpc) is 2.74. The zero-order valence-corrected chi connectivity index (χ0v) is 18.7. The van der Waals surface area contributed by atoms with Crippen LogP contribution >= 0.6 is 23.2 Å². The number of alkyl halides is 1. The summed E-state index contributed by atoms with van der Waals surface area (Å²) >= 11 is 12.1. The SMILES string of the molecule is CC1CCC(N(C(=O)CCl)[C@@H](C(=O)NC2CCCCC2)c2ccc(Cl)cc2)CC1. The van der Waals surface area contributed by atoms with E-state index in [4.69, 9.17) is 23.2 Å². The maximum atomic E-state index is 13.5. The molecule has 0 radical (unpaired) electrons. The van der Waals surface area contributed by atoms with Crippen molar-refractivity contribution < 1.29 is 9.59 Å². The number of halogens is 2. The molecule has 0 spiro atoms. The van der Waals surface area contributed by atoms with Gasteiger partial charge in [-0.3, -0.25) is 9.59 Å². The van der Waals surface area contributed by atoms with E-state index in [1.807, 2.05) is 12.1 Å². The zero-order chi connectivity index (χ0) is 20.8. The van der Waals surface area contributed by atoms with E-state index in [-0.39, 0.29) is 29.8 Å². The molecule has 4 nitrogen and oxygen atoms in total. The summed E-state index contributed by atoms with van der Waals surface area (Å²) in [7, 11) is 0. The van der Waals surface area contributed by atoms with Crippen LogP contribution in [0.3, 0.4) is 0 Å². The second kappa shape index (κ2) is 10.7. The maximum absolute atomic E-state index is 13.5. The monoisotopic (exact) mass is 438 g/mol. The number of carbonyl (C=O) groups is 2. The molecule has 29 heavy (non-hydrogen) atoms. The van der Waals surface area contributed by atoms with E-state index in [1.54, 1.807) is 17.0 Å². The number of hydrogen-bond donors (Lipinski definition) is 1. The third kappa shape index (κ3) is 5.88. The summed E-state index contributed by atoms with van der Waals surface area (Å²) in [6, 6.07) is 6.83. The van der Waals surface area contributed by atoms with Gasteiger partial charge in [0.2, 0.25) is 11.8 Å². The van der Waals surface area contributed by atoms with Crippen LogP contribution < -0.4 is 5.32 Å². The number of nitrogens with zero attached hydrogens (tertiary/aromatic N) is 1. The van der Waals surface area contributed by atoms with Crippen LogP contribution in [0.15, 0.2) is 24.3 Å². The van der Waals surface area contributed by atoms with Gasteiger partial charge >= 0.3 is 0 Å². The van der Waals surface area contributed by atoms with Crippen molar-refractivity contribution in [2.45, 2.75) is 82.8 Å². The first-order chi connectivity index (χ1) is 14.0. The van der Waals surface area contributed by atoms with Crippen LogP contribution in [-0.4, -0.2) is 34.7 Å². The summed E-state index contributed by atoms with van der Waals surface area (Å²) in [6.45, 7) is 2.25. The van der Waals surface area contributed by atoms with E-state index in [0.29, 0.717) is 10.9 Å². The van der Waals surface area contributed by atoms with Gasteiger partial charge in [-0.15, -0.1) is 11.6 Å². The summed E-state index contributed by atoms with van der Waals surface area (Å²) in [5.41, 5.74) is 0.791. The fourth-order valence-corrected chi connectivity index (χ4v) is 5.02. The van der Waals surface area contributed by atoms with Crippen LogP contribution in [0.25, 0.3) is 0 Å². The van der Waals surface area contributed by atoms with Gasteiger partial charge in [0.25, 0.3) is 0 Å².